The summed E-state index contributed by atoms with van der Waals surface area (Å²) >= 11 is 0. The zero-order chi connectivity index (χ0) is 21.5. The van der Waals surface area contributed by atoms with E-state index in [4.69, 9.17) is 9.72 Å². The predicted molar refractivity (Wildman–Crippen MR) is 112 cm³/mol. The van der Waals surface area contributed by atoms with Crippen LogP contribution in [0, 0.1) is 5.95 Å². The van der Waals surface area contributed by atoms with Crippen LogP contribution in [0.1, 0.15) is 45.9 Å². The van der Waals surface area contributed by atoms with Crippen molar-refractivity contribution in [3.63, 3.8) is 0 Å². The largest absolute Gasteiger partial charge is 0.376 e. The molecule has 0 radical (unpaired) electrons. The number of pyridine rings is 1. The second-order valence-electron chi connectivity index (χ2n) is 8.75. The quantitative estimate of drug-likeness (QED) is 0.577. The highest BCUT2D eigenvalue weighted by Gasteiger charge is 2.27. The van der Waals surface area contributed by atoms with Gasteiger partial charge in [0.15, 0.2) is 0 Å². The summed E-state index contributed by atoms with van der Waals surface area (Å²) in [5, 5.41) is 0. The fourth-order valence-corrected chi connectivity index (χ4v) is 5.16. The maximum Gasteiger partial charge on any atom is 0.214 e. The maximum absolute atomic E-state index is 13.5. The second kappa shape index (κ2) is 7.74. The SMILES string of the molecule is CC(C)(C)c1nc2cc(S(=O)(=O)c3ccnc(F)c3)ccc2n1CC1CCCCO1. The predicted octanol–water partition coefficient (Wildman–Crippen LogP) is 4.27. The summed E-state index contributed by atoms with van der Waals surface area (Å²) in [5.41, 5.74) is 1.25. The Kier molecular flexibility index (Phi) is 5.40. The molecule has 0 saturated carbocycles. The third-order valence-electron chi connectivity index (χ3n) is 5.37. The van der Waals surface area contributed by atoms with Gasteiger partial charge in [0.2, 0.25) is 15.8 Å². The molecule has 0 bridgehead atoms. The van der Waals surface area contributed by atoms with Crippen LogP contribution in [0.4, 0.5) is 4.39 Å². The standard InChI is InChI=1S/C22H26FN3O3S/c1-22(2,3)21-25-18-12-16(30(27,28)17-9-10-24-20(23)13-17)7-8-19(18)26(21)14-15-6-4-5-11-29-15/h7-10,12-13,15H,4-6,11,14H2,1-3H3. The van der Waals surface area contributed by atoms with E-state index in [1.165, 1.54) is 6.07 Å². The molecule has 1 aliphatic heterocycles. The van der Waals surface area contributed by atoms with Crippen LogP contribution >= 0.6 is 0 Å². The van der Waals surface area contributed by atoms with Crippen molar-refractivity contribution in [1.29, 1.82) is 0 Å². The molecule has 6 nitrogen and oxygen atoms in total. The lowest BCUT2D eigenvalue weighted by Gasteiger charge is -2.26. The summed E-state index contributed by atoms with van der Waals surface area (Å²) in [7, 11) is -3.87. The average Bonchev–Trinajstić information content (AvgIpc) is 3.07. The van der Waals surface area contributed by atoms with Gasteiger partial charge in [-0.2, -0.15) is 4.39 Å². The molecular formula is C22H26FN3O3S. The van der Waals surface area contributed by atoms with Gasteiger partial charge in [-0.15, -0.1) is 0 Å². The van der Waals surface area contributed by atoms with Crippen molar-refractivity contribution in [1.82, 2.24) is 14.5 Å². The Bertz CT molecular complexity index is 1180. The lowest BCUT2D eigenvalue weighted by molar-refractivity contribution is 0.00583. The molecule has 0 N–H and O–H groups in total. The molecule has 1 aromatic carbocycles. The van der Waals surface area contributed by atoms with Gasteiger partial charge in [0.05, 0.1) is 33.5 Å². The number of halogens is 1. The number of benzene rings is 1. The normalized spacial score (nSPS) is 18.1. The number of imidazole rings is 1. The Morgan fingerprint density at radius 1 is 1.17 bits per heavy atom. The highest BCUT2D eigenvalue weighted by Crippen LogP contribution is 2.31. The van der Waals surface area contributed by atoms with Gasteiger partial charge in [-0.25, -0.2) is 18.4 Å². The van der Waals surface area contributed by atoms with E-state index in [1.54, 1.807) is 18.2 Å². The Hall–Kier alpha value is -2.32. The number of hydrogen-bond donors (Lipinski definition) is 0. The van der Waals surface area contributed by atoms with Crippen molar-refractivity contribution in [3.05, 3.63) is 48.3 Å². The molecule has 0 amide bonds. The number of nitrogens with zero attached hydrogens (tertiary/aromatic N) is 3. The molecule has 160 valence electrons. The van der Waals surface area contributed by atoms with E-state index in [0.29, 0.717) is 12.1 Å². The fourth-order valence-electron chi connectivity index (χ4n) is 3.88. The number of sulfone groups is 1. The van der Waals surface area contributed by atoms with Crippen LogP contribution in [0.5, 0.6) is 0 Å². The Morgan fingerprint density at radius 2 is 1.93 bits per heavy atom. The van der Waals surface area contributed by atoms with Crippen molar-refractivity contribution < 1.29 is 17.5 Å². The van der Waals surface area contributed by atoms with Crippen molar-refractivity contribution >= 4 is 20.9 Å². The van der Waals surface area contributed by atoms with E-state index < -0.39 is 15.8 Å². The summed E-state index contributed by atoms with van der Waals surface area (Å²) < 4.78 is 47.5. The van der Waals surface area contributed by atoms with E-state index in [9.17, 15) is 12.8 Å². The van der Waals surface area contributed by atoms with Gasteiger partial charge >= 0.3 is 0 Å². The summed E-state index contributed by atoms with van der Waals surface area (Å²) in [6.07, 6.45) is 4.51. The van der Waals surface area contributed by atoms with Gasteiger partial charge in [-0.05, 0) is 43.5 Å². The minimum atomic E-state index is -3.87. The number of ether oxygens (including phenoxy) is 1. The van der Waals surface area contributed by atoms with Gasteiger partial charge < -0.3 is 9.30 Å². The third-order valence-corrected chi connectivity index (χ3v) is 7.12. The van der Waals surface area contributed by atoms with Gasteiger partial charge in [-0.1, -0.05) is 20.8 Å². The Labute approximate surface area is 176 Å². The molecule has 1 fully saturated rings. The molecule has 1 saturated heterocycles. The highest BCUT2D eigenvalue weighted by atomic mass is 32.2. The minimum Gasteiger partial charge on any atom is -0.376 e. The lowest BCUT2D eigenvalue weighted by atomic mass is 9.95. The van der Waals surface area contributed by atoms with Crippen LogP contribution in [0.3, 0.4) is 0 Å². The zero-order valence-electron chi connectivity index (χ0n) is 17.4. The van der Waals surface area contributed by atoms with Crippen LogP contribution in [-0.4, -0.2) is 35.7 Å². The molecule has 30 heavy (non-hydrogen) atoms. The Morgan fingerprint density at radius 3 is 2.60 bits per heavy atom. The number of aromatic nitrogens is 3. The first-order chi connectivity index (χ1) is 14.2. The molecule has 3 aromatic rings. The first-order valence-corrected chi connectivity index (χ1v) is 11.6. The summed E-state index contributed by atoms with van der Waals surface area (Å²) in [5.74, 6) is 0.0557. The lowest BCUT2D eigenvalue weighted by Crippen LogP contribution is -2.28. The molecule has 8 heteroatoms. The van der Waals surface area contributed by atoms with E-state index in [-0.39, 0.29) is 21.3 Å². The summed E-state index contributed by atoms with van der Waals surface area (Å²) in [6.45, 7) is 7.72. The molecule has 0 aliphatic carbocycles. The van der Waals surface area contributed by atoms with Gasteiger partial charge in [0.1, 0.15) is 5.82 Å². The van der Waals surface area contributed by atoms with Crippen molar-refractivity contribution in [2.75, 3.05) is 6.61 Å². The minimum absolute atomic E-state index is 0.0830. The molecule has 1 atom stereocenters. The second-order valence-corrected chi connectivity index (χ2v) is 10.7. The van der Waals surface area contributed by atoms with Crippen LogP contribution in [0.15, 0.2) is 46.3 Å². The fraction of sp³-hybridized carbons (Fsp3) is 0.455. The molecule has 1 unspecified atom stereocenters. The van der Waals surface area contributed by atoms with Crippen LogP contribution in [0.25, 0.3) is 11.0 Å². The molecule has 3 heterocycles. The number of fused-ring (bicyclic) bond motifs is 1. The van der Waals surface area contributed by atoms with Crippen molar-refractivity contribution in [3.8, 4) is 0 Å². The van der Waals surface area contributed by atoms with E-state index in [0.717, 1.165) is 49.5 Å². The van der Waals surface area contributed by atoms with Crippen LogP contribution in [0.2, 0.25) is 0 Å². The first-order valence-electron chi connectivity index (χ1n) is 10.2. The van der Waals surface area contributed by atoms with Gasteiger partial charge in [-0.3, -0.25) is 0 Å². The maximum atomic E-state index is 13.5. The van der Waals surface area contributed by atoms with E-state index in [2.05, 4.69) is 30.3 Å². The number of rotatable bonds is 4. The van der Waals surface area contributed by atoms with Crippen LogP contribution in [-0.2, 0) is 26.5 Å². The smallest absolute Gasteiger partial charge is 0.214 e. The first kappa shape index (κ1) is 20.9. The third kappa shape index (κ3) is 3.98. The van der Waals surface area contributed by atoms with Crippen molar-refractivity contribution in [2.24, 2.45) is 0 Å². The average molecular weight is 432 g/mol. The number of hydrogen-bond acceptors (Lipinski definition) is 5. The summed E-state index contributed by atoms with van der Waals surface area (Å²) in [4.78, 5) is 8.19. The van der Waals surface area contributed by atoms with Crippen LogP contribution < -0.4 is 0 Å². The van der Waals surface area contributed by atoms with Gasteiger partial charge in [0.25, 0.3) is 0 Å². The van der Waals surface area contributed by atoms with Crippen molar-refractivity contribution in [2.45, 2.75) is 67.9 Å². The van der Waals surface area contributed by atoms with Gasteiger partial charge in [0, 0.05) is 24.3 Å². The molecule has 2 aromatic heterocycles. The topological polar surface area (TPSA) is 74.1 Å². The molecular weight excluding hydrogens is 405 g/mol. The zero-order valence-corrected chi connectivity index (χ0v) is 18.2. The molecule has 4 rings (SSSR count). The highest BCUT2D eigenvalue weighted by molar-refractivity contribution is 7.91. The Balaban J connectivity index is 1.80. The molecule has 0 spiro atoms. The van der Waals surface area contributed by atoms with E-state index in [1.807, 2.05) is 0 Å². The monoisotopic (exact) mass is 431 g/mol. The summed E-state index contributed by atoms with van der Waals surface area (Å²) in [6, 6.07) is 7.13. The van der Waals surface area contributed by atoms with E-state index >= 15 is 0 Å². The molecule has 1 aliphatic rings.